The van der Waals surface area contributed by atoms with Crippen LogP contribution in [0, 0.1) is 13.8 Å². The van der Waals surface area contributed by atoms with Gasteiger partial charge in [0.2, 0.25) is 0 Å². The summed E-state index contributed by atoms with van der Waals surface area (Å²) >= 11 is 0. The molecule has 2 rings (SSSR count). The molecule has 3 heteroatoms. The van der Waals surface area contributed by atoms with Gasteiger partial charge in [0.25, 0.3) is 5.91 Å². The molecule has 20 heavy (non-hydrogen) atoms. The number of rotatable bonds is 4. The van der Waals surface area contributed by atoms with Gasteiger partial charge in [-0.25, -0.2) is 0 Å². The minimum absolute atomic E-state index is 0.0517. The van der Waals surface area contributed by atoms with E-state index in [4.69, 9.17) is 0 Å². The van der Waals surface area contributed by atoms with Gasteiger partial charge in [0, 0.05) is 17.8 Å². The van der Waals surface area contributed by atoms with Crippen molar-refractivity contribution in [1.82, 2.24) is 5.32 Å². The Morgan fingerprint density at radius 1 is 1.00 bits per heavy atom. The van der Waals surface area contributed by atoms with Crippen molar-refractivity contribution in [2.24, 2.45) is 0 Å². The highest BCUT2D eigenvalue weighted by molar-refractivity contribution is 6.06. The van der Waals surface area contributed by atoms with Gasteiger partial charge in [-0.3, -0.25) is 4.79 Å². The second-order valence-corrected chi connectivity index (χ2v) is 4.91. The van der Waals surface area contributed by atoms with E-state index in [9.17, 15) is 4.79 Å². The standard InChI is InChI=1S/C17H20N2O/c1-12-7-6-8-13(2)16(12)17(20)19-15-10-5-4-9-14(15)11-18-3/h4-10,18H,11H2,1-3H3,(H,19,20). The van der Waals surface area contributed by atoms with Crippen molar-refractivity contribution in [1.29, 1.82) is 0 Å². The largest absolute Gasteiger partial charge is 0.322 e. The third-order valence-corrected chi connectivity index (χ3v) is 3.34. The maximum Gasteiger partial charge on any atom is 0.256 e. The highest BCUT2D eigenvalue weighted by Gasteiger charge is 2.13. The molecule has 0 atom stereocenters. The molecule has 2 aromatic carbocycles. The molecular formula is C17H20N2O. The van der Waals surface area contributed by atoms with Crippen LogP contribution in [-0.2, 0) is 6.54 Å². The lowest BCUT2D eigenvalue weighted by atomic mass is 10.0. The lowest BCUT2D eigenvalue weighted by molar-refractivity contribution is 0.102. The fourth-order valence-electron chi connectivity index (χ4n) is 2.34. The fraction of sp³-hybridized carbons (Fsp3) is 0.235. The monoisotopic (exact) mass is 268 g/mol. The van der Waals surface area contributed by atoms with Crippen LogP contribution < -0.4 is 10.6 Å². The number of aryl methyl sites for hydroxylation is 2. The minimum atomic E-state index is -0.0517. The molecule has 104 valence electrons. The van der Waals surface area contributed by atoms with Crippen LogP contribution >= 0.6 is 0 Å². The summed E-state index contributed by atoms with van der Waals surface area (Å²) < 4.78 is 0. The Balaban J connectivity index is 2.28. The van der Waals surface area contributed by atoms with E-state index in [2.05, 4.69) is 10.6 Å². The second-order valence-electron chi connectivity index (χ2n) is 4.91. The first-order valence-corrected chi connectivity index (χ1v) is 6.73. The Labute approximate surface area is 120 Å². The molecule has 0 aromatic heterocycles. The van der Waals surface area contributed by atoms with E-state index in [0.29, 0.717) is 0 Å². The van der Waals surface area contributed by atoms with Gasteiger partial charge >= 0.3 is 0 Å². The summed E-state index contributed by atoms with van der Waals surface area (Å²) in [6, 6.07) is 13.7. The molecule has 0 aliphatic rings. The smallest absolute Gasteiger partial charge is 0.256 e. The van der Waals surface area contributed by atoms with Gasteiger partial charge in [-0.15, -0.1) is 0 Å². The number of para-hydroxylation sites is 1. The number of amides is 1. The van der Waals surface area contributed by atoms with E-state index in [-0.39, 0.29) is 5.91 Å². The van der Waals surface area contributed by atoms with Crippen LogP contribution in [-0.4, -0.2) is 13.0 Å². The summed E-state index contributed by atoms with van der Waals surface area (Å²) in [7, 11) is 1.89. The lowest BCUT2D eigenvalue weighted by Crippen LogP contribution is -2.17. The molecule has 0 fully saturated rings. The van der Waals surface area contributed by atoms with Gasteiger partial charge in [0.05, 0.1) is 0 Å². The normalized spacial score (nSPS) is 10.3. The zero-order valence-electron chi connectivity index (χ0n) is 12.2. The topological polar surface area (TPSA) is 41.1 Å². The van der Waals surface area contributed by atoms with E-state index in [1.54, 1.807) is 0 Å². The zero-order valence-corrected chi connectivity index (χ0v) is 12.2. The molecule has 0 unspecified atom stereocenters. The first kappa shape index (κ1) is 14.3. The SMILES string of the molecule is CNCc1ccccc1NC(=O)c1c(C)cccc1C. The summed E-state index contributed by atoms with van der Waals surface area (Å²) in [6.45, 7) is 4.64. The molecule has 0 aliphatic heterocycles. The maximum absolute atomic E-state index is 12.5. The number of hydrogen-bond donors (Lipinski definition) is 2. The fourth-order valence-corrected chi connectivity index (χ4v) is 2.34. The molecule has 0 aliphatic carbocycles. The highest BCUT2D eigenvalue weighted by Crippen LogP contribution is 2.19. The van der Waals surface area contributed by atoms with Gasteiger partial charge in [-0.2, -0.15) is 0 Å². The number of carbonyl (C=O) groups excluding carboxylic acids is 1. The molecule has 1 amide bonds. The minimum Gasteiger partial charge on any atom is -0.322 e. The van der Waals surface area contributed by atoms with Crippen molar-refractivity contribution in [2.75, 3.05) is 12.4 Å². The summed E-state index contributed by atoms with van der Waals surface area (Å²) in [4.78, 5) is 12.5. The van der Waals surface area contributed by atoms with Crippen molar-refractivity contribution in [3.05, 3.63) is 64.7 Å². The third-order valence-electron chi connectivity index (χ3n) is 3.34. The Hall–Kier alpha value is -2.13. The number of anilines is 1. The predicted molar refractivity (Wildman–Crippen MR) is 83.1 cm³/mol. The average molecular weight is 268 g/mol. The highest BCUT2D eigenvalue weighted by atomic mass is 16.1. The number of carbonyl (C=O) groups is 1. The Morgan fingerprint density at radius 2 is 1.65 bits per heavy atom. The van der Waals surface area contributed by atoms with Crippen LogP contribution in [0.15, 0.2) is 42.5 Å². The molecule has 0 saturated carbocycles. The molecule has 0 saturated heterocycles. The van der Waals surface area contributed by atoms with Crippen LogP contribution in [0.4, 0.5) is 5.69 Å². The van der Waals surface area contributed by atoms with Gasteiger partial charge in [0.1, 0.15) is 0 Å². The van der Waals surface area contributed by atoms with Gasteiger partial charge in [-0.05, 0) is 43.7 Å². The van der Waals surface area contributed by atoms with Crippen molar-refractivity contribution in [2.45, 2.75) is 20.4 Å². The summed E-state index contributed by atoms with van der Waals surface area (Å²) in [6.07, 6.45) is 0. The Bertz CT molecular complexity index is 600. The number of hydrogen-bond acceptors (Lipinski definition) is 2. The second kappa shape index (κ2) is 6.35. The lowest BCUT2D eigenvalue weighted by Gasteiger charge is -2.13. The van der Waals surface area contributed by atoms with Crippen molar-refractivity contribution in [3.63, 3.8) is 0 Å². The van der Waals surface area contributed by atoms with Crippen molar-refractivity contribution < 1.29 is 4.79 Å². The molecule has 0 radical (unpaired) electrons. The Kier molecular flexibility index (Phi) is 4.53. The Morgan fingerprint density at radius 3 is 2.30 bits per heavy atom. The predicted octanol–water partition coefficient (Wildman–Crippen LogP) is 3.28. The first-order valence-electron chi connectivity index (χ1n) is 6.73. The summed E-state index contributed by atoms with van der Waals surface area (Å²) in [5, 5.41) is 6.12. The quantitative estimate of drug-likeness (QED) is 0.893. The molecular weight excluding hydrogens is 248 g/mol. The van der Waals surface area contributed by atoms with Crippen LogP contribution in [0.3, 0.4) is 0 Å². The van der Waals surface area contributed by atoms with Crippen molar-refractivity contribution >= 4 is 11.6 Å². The van der Waals surface area contributed by atoms with Crippen LogP contribution in [0.2, 0.25) is 0 Å². The molecule has 3 nitrogen and oxygen atoms in total. The molecule has 0 heterocycles. The van der Waals surface area contributed by atoms with Crippen LogP contribution in [0.5, 0.6) is 0 Å². The van der Waals surface area contributed by atoms with Gasteiger partial charge < -0.3 is 10.6 Å². The molecule has 0 bridgehead atoms. The number of nitrogens with one attached hydrogen (secondary N) is 2. The average Bonchev–Trinajstić information content (AvgIpc) is 2.41. The molecule has 0 spiro atoms. The van der Waals surface area contributed by atoms with E-state index < -0.39 is 0 Å². The van der Waals surface area contributed by atoms with E-state index >= 15 is 0 Å². The van der Waals surface area contributed by atoms with Crippen LogP contribution in [0.25, 0.3) is 0 Å². The summed E-state index contributed by atoms with van der Waals surface area (Å²) in [5.74, 6) is -0.0517. The zero-order chi connectivity index (χ0) is 14.5. The van der Waals surface area contributed by atoms with Gasteiger partial charge in [0.15, 0.2) is 0 Å². The van der Waals surface area contributed by atoms with Crippen molar-refractivity contribution in [3.8, 4) is 0 Å². The summed E-state index contributed by atoms with van der Waals surface area (Å²) in [5.41, 5.74) is 4.68. The van der Waals surface area contributed by atoms with E-state index in [1.807, 2.05) is 63.4 Å². The van der Waals surface area contributed by atoms with E-state index in [1.165, 1.54) is 0 Å². The third kappa shape index (κ3) is 3.06. The number of benzene rings is 2. The maximum atomic E-state index is 12.5. The molecule has 2 aromatic rings. The van der Waals surface area contributed by atoms with Gasteiger partial charge in [-0.1, -0.05) is 36.4 Å². The van der Waals surface area contributed by atoms with E-state index in [0.717, 1.165) is 34.5 Å². The van der Waals surface area contributed by atoms with Crippen LogP contribution in [0.1, 0.15) is 27.0 Å². The first-order chi connectivity index (χ1) is 9.63. The molecule has 2 N–H and O–H groups in total.